The summed E-state index contributed by atoms with van der Waals surface area (Å²) in [6.45, 7) is 6.02. The first-order chi connectivity index (χ1) is 6.48. The molecule has 14 heavy (non-hydrogen) atoms. The number of rotatable bonds is 0. The zero-order valence-corrected chi connectivity index (χ0v) is 8.87. The van der Waals surface area contributed by atoms with E-state index in [1.807, 2.05) is 26.8 Å². The molecule has 3 heteroatoms. The minimum atomic E-state index is -0.770. The highest BCUT2D eigenvalue weighted by atomic mass is 16.5. The molecule has 2 rings (SSSR count). The highest BCUT2D eigenvalue weighted by Crippen LogP contribution is 2.22. The lowest BCUT2D eigenvalue weighted by molar-refractivity contribution is 0.0820. The van der Waals surface area contributed by atoms with E-state index in [1.165, 1.54) is 5.56 Å². The van der Waals surface area contributed by atoms with Crippen LogP contribution < -0.4 is 5.46 Å². The average Bonchev–Trinajstić information content (AvgIpc) is 2.05. The Bertz CT molecular complexity index is 360. The van der Waals surface area contributed by atoms with Crippen molar-refractivity contribution in [1.82, 2.24) is 0 Å². The first-order valence-electron chi connectivity index (χ1n) is 4.93. The van der Waals surface area contributed by atoms with Gasteiger partial charge in [-0.05, 0) is 38.2 Å². The van der Waals surface area contributed by atoms with Crippen LogP contribution in [0.2, 0.25) is 0 Å². The average molecular weight is 190 g/mol. The summed E-state index contributed by atoms with van der Waals surface area (Å²) in [5.74, 6) is 0. The summed E-state index contributed by atoms with van der Waals surface area (Å²) >= 11 is 0. The molecule has 2 nitrogen and oxygen atoms in total. The molecule has 0 unspecified atom stereocenters. The Balaban J connectivity index is 2.45. The molecule has 1 N–H and O–H groups in total. The van der Waals surface area contributed by atoms with Crippen LogP contribution in [-0.4, -0.2) is 17.7 Å². The topological polar surface area (TPSA) is 29.5 Å². The fourth-order valence-electron chi connectivity index (χ4n) is 1.97. The van der Waals surface area contributed by atoms with Gasteiger partial charge in [-0.3, -0.25) is 0 Å². The van der Waals surface area contributed by atoms with Gasteiger partial charge in [0.05, 0.1) is 5.60 Å². The second-order valence-electron chi connectivity index (χ2n) is 4.61. The quantitative estimate of drug-likeness (QED) is 0.619. The van der Waals surface area contributed by atoms with Crippen molar-refractivity contribution < 1.29 is 9.68 Å². The number of benzene rings is 1. The zero-order valence-electron chi connectivity index (χ0n) is 8.87. The Hall–Kier alpha value is -0.795. The minimum absolute atomic E-state index is 0.262. The third-order valence-corrected chi connectivity index (χ3v) is 2.61. The first-order valence-corrected chi connectivity index (χ1v) is 4.93. The lowest BCUT2D eigenvalue weighted by Crippen LogP contribution is -2.50. The predicted molar refractivity (Wildman–Crippen MR) is 57.7 cm³/mol. The van der Waals surface area contributed by atoms with E-state index < -0.39 is 7.12 Å². The van der Waals surface area contributed by atoms with E-state index in [-0.39, 0.29) is 5.60 Å². The van der Waals surface area contributed by atoms with E-state index in [1.54, 1.807) is 0 Å². The normalized spacial score (nSPS) is 19.3. The largest absolute Gasteiger partial charge is 0.491 e. The monoisotopic (exact) mass is 190 g/mol. The molecule has 0 amide bonds. The van der Waals surface area contributed by atoms with Crippen molar-refractivity contribution in [1.29, 1.82) is 0 Å². The van der Waals surface area contributed by atoms with E-state index in [4.69, 9.17) is 4.65 Å². The van der Waals surface area contributed by atoms with E-state index in [0.29, 0.717) is 0 Å². The van der Waals surface area contributed by atoms with Gasteiger partial charge in [-0.1, -0.05) is 23.8 Å². The Morgan fingerprint density at radius 3 is 2.86 bits per heavy atom. The van der Waals surface area contributed by atoms with Gasteiger partial charge >= 0.3 is 7.12 Å². The summed E-state index contributed by atoms with van der Waals surface area (Å²) in [6, 6.07) is 6.15. The molecular formula is C11H15BO2. The summed E-state index contributed by atoms with van der Waals surface area (Å²) < 4.78 is 5.51. The molecule has 1 aromatic carbocycles. The molecule has 1 aliphatic heterocycles. The molecule has 1 aromatic rings. The van der Waals surface area contributed by atoms with Crippen LogP contribution in [0.1, 0.15) is 25.0 Å². The summed E-state index contributed by atoms with van der Waals surface area (Å²) in [5.41, 5.74) is 3.01. The second-order valence-corrected chi connectivity index (χ2v) is 4.61. The van der Waals surface area contributed by atoms with Crippen molar-refractivity contribution in [2.24, 2.45) is 0 Å². The maximum Gasteiger partial charge on any atom is 0.491 e. The van der Waals surface area contributed by atoms with Crippen LogP contribution >= 0.6 is 0 Å². The van der Waals surface area contributed by atoms with Gasteiger partial charge in [0, 0.05) is 0 Å². The van der Waals surface area contributed by atoms with Crippen molar-refractivity contribution in [3.63, 3.8) is 0 Å². The molecule has 0 aromatic heterocycles. The van der Waals surface area contributed by atoms with Crippen LogP contribution in [0.15, 0.2) is 18.2 Å². The van der Waals surface area contributed by atoms with Gasteiger partial charge in [-0.2, -0.15) is 0 Å². The first kappa shape index (κ1) is 9.75. The van der Waals surface area contributed by atoms with Crippen molar-refractivity contribution in [3.05, 3.63) is 29.3 Å². The van der Waals surface area contributed by atoms with E-state index >= 15 is 0 Å². The molecule has 74 valence electrons. The molecule has 1 aliphatic rings. The van der Waals surface area contributed by atoms with Crippen molar-refractivity contribution >= 4 is 12.6 Å². The molecule has 0 spiro atoms. The van der Waals surface area contributed by atoms with E-state index in [2.05, 4.69) is 12.1 Å². The molecular weight excluding hydrogens is 175 g/mol. The molecule has 0 saturated heterocycles. The second kappa shape index (κ2) is 3.11. The minimum Gasteiger partial charge on any atom is -0.423 e. The maximum atomic E-state index is 9.80. The molecule has 0 saturated carbocycles. The highest BCUT2D eigenvalue weighted by Gasteiger charge is 2.35. The van der Waals surface area contributed by atoms with Crippen LogP contribution in [0.25, 0.3) is 0 Å². The summed E-state index contributed by atoms with van der Waals surface area (Å²) in [4.78, 5) is 0. The summed E-state index contributed by atoms with van der Waals surface area (Å²) in [6.07, 6.45) is 0.861. The van der Waals surface area contributed by atoms with Gasteiger partial charge in [0.1, 0.15) is 0 Å². The van der Waals surface area contributed by atoms with Gasteiger partial charge in [-0.15, -0.1) is 0 Å². The van der Waals surface area contributed by atoms with Crippen LogP contribution in [-0.2, 0) is 11.1 Å². The lowest BCUT2D eigenvalue weighted by atomic mass is 9.69. The van der Waals surface area contributed by atoms with E-state index in [9.17, 15) is 5.02 Å². The van der Waals surface area contributed by atoms with Gasteiger partial charge in [-0.25, -0.2) is 0 Å². The predicted octanol–water partition coefficient (Wildman–Crippen LogP) is 1.03. The fraction of sp³-hybridized carbons (Fsp3) is 0.455. The van der Waals surface area contributed by atoms with Crippen molar-refractivity contribution in [2.75, 3.05) is 0 Å². The Labute approximate surface area is 85.1 Å². The Kier molecular flexibility index (Phi) is 2.16. The van der Waals surface area contributed by atoms with Crippen molar-refractivity contribution in [2.45, 2.75) is 32.8 Å². The van der Waals surface area contributed by atoms with E-state index in [0.717, 1.165) is 17.4 Å². The van der Waals surface area contributed by atoms with Gasteiger partial charge in [0.25, 0.3) is 0 Å². The Morgan fingerprint density at radius 2 is 2.14 bits per heavy atom. The zero-order chi connectivity index (χ0) is 10.3. The fourth-order valence-corrected chi connectivity index (χ4v) is 1.97. The van der Waals surface area contributed by atoms with Crippen molar-refractivity contribution in [3.8, 4) is 0 Å². The molecule has 0 aliphatic carbocycles. The lowest BCUT2D eigenvalue weighted by Gasteiger charge is -2.33. The molecule has 0 fully saturated rings. The molecule has 1 heterocycles. The summed E-state index contributed by atoms with van der Waals surface area (Å²) in [7, 11) is -0.770. The standard InChI is InChI=1S/C11H15BO2/c1-8-4-5-9-7-11(2,3)14-12(13)10(9)6-8/h4-6,13H,7H2,1-3H3. The number of fused-ring (bicyclic) bond motifs is 1. The maximum absolute atomic E-state index is 9.80. The smallest absolute Gasteiger partial charge is 0.423 e. The third-order valence-electron chi connectivity index (χ3n) is 2.61. The van der Waals surface area contributed by atoms with Gasteiger partial charge < -0.3 is 9.68 Å². The van der Waals surface area contributed by atoms with Gasteiger partial charge in [0.2, 0.25) is 0 Å². The van der Waals surface area contributed by atoms with Crippen LogP contribution in [0.4, 0.5) is 0 Å². The molecule has 0 radical (unpaired) electrons. The van der Waals surface area contributed by atoms with Gasteiger partial charge in [0.15, 0.2) is 0 Å². The highest BCUT2D eigenvalue weighted by molar-refractivity contribution is 6.61. The third kappa shape index (κ3) is 1.70. The Morgan fingerprint density at radius 1 is 1.43 bits per heavy atom. The number of aryl methyl sites for hydroxylation is 1. The number of hydrogen-bond acceptors (Lipinski definition) is 2. The van der Waals surface area contributed by atoms with Crippen LogP contribution in [0.5, 0.6) is 0 Å². The van der Waals surface area contributed by atoms with Crippen LogP contribution in [0.3, 0.4) is 0 Å². The SMILES string of the molecule is Cc1ccc2c(c1)B(O)OC(C)(C)C2. The molecule has 0 bridgehead atoms. The molecule has 0 atom stereocenters. The number of hydrogen-bond donors (Lipinski definition) is 1. The van der Waals surface area contributed by atoms with Crippen LogP contribution in [0, 0.1) is 6.92 Å². The summed E-state index contributed by atoms with van der Waals surface area (Å²) in [5, 5.41) is 9.80.